The van der Waals surface area contributed by atoms with E-state index >= 15 is 0 Å². The lowest BCUT2D eigenvalue weighted by Crippen LogP contribution is -2.06. The molecule has 1 aromatic heterocycles. The molecular formula is C10H7F3N2O2S. The molecule has 4 nitrogen and oxygen atoms in total. The molecule has 0 aliphatic heterocycles. The zero-order chi connectivity index (χ0) is 13.2. The Bertz CT molecular complexity index is 542. The van der Waals surface area contributed by atoms with Gasteiger partial charge in [-0.2, -0.15) is 22.5 Å². The molecule has 0 unspecified atom stereocenters. The van der Waals surface area contributed by atoms with Crippen LogP contribution in [-0.4, -0.2) is 14.5 Å². The highest BCUT2D eigenvalue weighted by molar-refractivity contribution is 7.07. The Balaban J connectivity index is 2.22. The molecule has 1 heterocycles. The first-order valence-corrected chi connectivity index (χ1v) is 5.55. The number of hydrogen-bond acceptors (Lipinski definition) is 5. The molecule has 2 aromatic rings. The lowest BCUT2D eigenvalue weighted by atomic mass is 10.2. The summed E-state index contributed by atoms with van der Waals surface area (Å²) in [5.41, 5.74) is 0.459. The molecule has 96 valence electrons. The average molecular weight is 276 g/mol. The van der Waals surface area contributed by atoms with Crippen molar-refractivity contribution in [1.29, 1.82) is 0 Å². The van der Waals surface area contributed by atoms with Crippen LogP contribution in [0.15, 0.2) is 24.3 Å². The van der Waals surface area contributed by atoms with Gasteiger partial charge in [0, 0.05) is 17.1 Å². The van der Waals surface area contributed by atoms with Gasteiger partial charge in [0.1, 0.15) is 5.75 Å². The van der Waals surface area contributed by atoms with E-state index in [9.17, 15) is 13.2 Å². The smallest absolute Gasteiger partial charge is 0.429 e. The maximum atomic E-state index is 12.3. The molecule has 0 saturated heterocycles. The summed E-state index contributed by atoms with van der Waals surface area (Å²) >= 11 is 0.505. The third kappa shape index (κ3) is 2.77. The van der Waals surface area contributed by atoms with Crippen LogP contribution in [0.2, 0.25) is 0 Å². The first-order valence-electron chi connectivity index (χ1n) is 4.78. The molecule has 0 aliphatic rings. The molecule has 0 bridgehead atoms. The molecule has 8 heteroatoms. The van der Waals surface area contributed by atoms with E-state index in [1.54, 1.807) is 18.2 Å². The number of alkyl halides is 3. The Morgan fingerprint density at radius 1 is 1.28 bits per heavy atom. The Morgan fingerprint density at radius 2 is 2.00 bits per heavy atom. The Hall–Kier alpha value is -1.67. The van der Waals surface area contributed by atoms with Crippen LogP contribution in [0.25, 0.3) is 0 Å². The summed E-state index contributed by atoms with van der Waals surface area (Å²) in [5, 5.41) is 8.82. The molecule has 1 N–H and O–H groups in total. The number of ether oxygens (including phenoxy) is 1. The van der Waals surface area contributed by atoms with Gasteiger partial charge in [-0.25, -0.2) is 0 Å². The third-order valence-electron chi connectivity index (χ3n) is 2.00. The standard InChI is InChI=1S/C10H7F3N2O2S/c11-10(12,13)8-14-9(18-15-8)17-7-4-2-1-3-6(7)5-16/h1-4,16H,5H2. The molecule has 18 heavy (non-hydrogen) atoms. The lowest BCUT2D eigenvalue weighted by molar-refractivity contribution is -0.144. The lowest BCUT2D eigenvalue weighted by Gasteiger charge is -2.05. The van der Waals surface area contributed by atoms with Crippen molar-refractivity contribution in [2.45, 2.75) is 12.8 Å². The molecule has 0 aliphatic carbocycles. The van der Waals surface area contributed by atoms with Gasteiger partial charge in [0.05, 0.1) is 6.61 Å². The Labute approximate surface area is 104 Å². The summed E-state index contributed by atoms with van der Waals surface area (Å²) in [6.07, 6.45) is -4.59. The second-order valence-corrected chi connectivity index (χ2v) is 3.96. The predicted molar refractivity (Wildman–Crippen MR) is 57.3 cm³/mol. The van der Waals surface area contributed by atoms with Crippen molar-refractivity contribution in [3.8, 4) is 10.9 Å². The normalized spacial score (nSPS) is 11.6. The van der Waals surface area contributed by atoms with Crippen LogP contribution in [-0.2, 0) is 12.8 Å². The topological polar surface area (TPSA) is 55.2 Å². The van der Waals surface area contributed by atoms with Crippen LogP contribution < -0.4 is 4.74 Å². The van der Waals surface area contributed by atoms with Crippen molar-refractivity contribution in [3.63, 3.8) is 0 Å². The fourth-order valence-electron chi connectivity index (χ4n) is 1.19. The molecule has 0 atom stereocenters. The van der Waals surface area contributed by atoms with Crippen LogP contribution in [0.1, 0.15) is 11.4 Å². The maximum Gasteiger partial charge on any atom is 0.452 e. The number of hydrogen-bond donors (Lipinski definition) is 1. The van der Waals surface area contributed by atoms with Gasteiger partial charge in [-0.1, -0.05) is 18.2 Å². The van der Waals surface area contributed by atoms with Gasteiger partial charge in [0.15, 0.2) is 0 Å². The van der Waals surface area contributed by atoms with Crippen molar-refractivity contribution < 1.29 is 23.0 Å². The van der Waals surface area contributed by atoms with Crippen LogP contribution in [0.4, 0.5) is 13.2 Å². The first kappa shape index (κ1) is 12.8. The summed E-state index contributed by atoms with van der Waals surface area (Å²) in [4.78, 5) is 3.23. The summed E-state index contributed by atoms with van der Waals surface area (Å²) < 4.78 is 45.1. The quantitative estimate of drug-likeness (QED) is 0.936. The van der Waals surface area contributed by atoms with Gasteiger partial charge >= 0.3 is 6.18 Å². The van der Waals surface area contributed by atoms with Gasteiger partial charge in [-0.05, 0) is 6.07 Å². The Morgan fingerprint density at radius 3 is 2.61 bits per heavy atom. The van der Waals surface area contributed by atoms with Gasteiger partial charge < -0.3 is 9.84 Å². The first-order chi connectivity index (χ1) is 8.50. The summed E-state index contributed by atoms with van der Waals surface area (Å²) in [7, 11) is 0. The number of rotatable bonds is 3. The van der Waals surface area contributed by atoms with E-state index in [1.807, 2.05) is 0 Å². The second kappa shape index (κ2) is 4.91. The van der Waals surface area contributed by atoms with E-state index < -0.39 is 12.0 Å². The highest BCUT2D eigenvalue weighted by Gasteiger charge is 2.36. The van der Waals surface area contributed by atoms with Gasteiger partial charge in [0.2, 0.25) is 0 Å². The highest BCUT2D eigenvalue weighted by atomic mass is 32.1. The largest absolute Gasteiger partial charge is 0.452 e. The second-order valence-electron chi connectivity index (χ2n) is 3.25. The fraction of sp³-hybridized carbons (Fsp3) is 0.200. The minimum atomic E-state index is -4.59. The van der Waals surface area contributed by atoms with Crippen molar-refractivity contribution in [1.82, 2.24) is 9.36 Å². The molecule has 1 aromatic carbocycles. The number of aromatic nitrogens is 2. The van der Waals surface area contributed by atoms with E-state index in [0.717, 1.165) is 0 Å². The van der Waals surface area contributed by atoms with E-state index in [-0.39, 0.29) is 17.6 Å². The number of aliphatic hydroxyl groups excluding tert-OH is 1. The minimum absolute atomic E-state index is 0.219. The monoisotopic (exact) mass is 276 g/mol. The molecule has 0 saturated carbocycles. The highest BCUT2D eigenvalue weighted by Crippen LogP contribution is 2.32. The van der Waals surface area contributed by atoms with Crippen LogP contribution >= 0.6 is 11.5 Å². The van der Waals surface area contributed by atoms with Crippen molar-refractivity contribution in [2.24, 2.45) is 0 Å². The molecule has 2 rings (SSSR count). The molecule has 0 radical (unpaired) electrons. The SMILES string of the molecule is OCc1ccccc1Oc1nc(C(F)(F)F)ns1. The number of benzene rings is 1. The number of nitrogens with zero attached hydrogens (tertiary/aromatic N) is 2. The zero-order valence-electron chi connectivity index (χ0n) is 8.81. The van der Waals surface area contributed by atoms with Crippen LogP contribution in [0.5, 0.6) is 10.9 Å². The average Bonchev–Trinajstić information content (AvgIpc) is 2.78. The maximum absolute atomic E-state index is 12.3. The summed E-state index contributed by atoms with van der Waals surface area (Å²) in [6.45, 7) is -0.277. The van der Waals surface area contributed by atoms with E-state index in [1.165, 1.54) is 6.07 Å². The van der Waals surface area contributed by atoms with Crippen molar-refractivity contribution >= 4 is 11.5 Å². The number of halogens is 3. The van der Waals surface area contributed by atoms with Crippen molar-refractivity contribution in [3.05, 3.63) is 35.7 Å². The molecule has 0 fully saturated rings. The molecule has 0 amide bonds. The van der Waals surface area contributed by atoms with E-state index in [0.29, 0.717) is 17.1 Å². The molecule has 0 spiro atoms. The number of para-hydroxylation sites is 1. The van der Waals surface area contributed by atoms with Gasteiger partial charge in [-0.3, -0.25) is 0 Å². The van der Waals surface area contributed by atoms with Crippen LogP contribution in [0, 0.1) is 0 Å². The van der Waals surface area contributed by atoms with E-state index in [4.69, 9.17) is 9.84 Å². The zero-order valence-corrected chi connectivity index (χ0v) is 9.63. The van der Waals surface area contributed by atoms with Gasteiger partial charge in [0.25, 0.3) is 11.0 Å². The summed E-state index contributed by atoms with van der Waals surface area (Å²) in [5.74, 6) is -0.978. The van der Waals surface area contributed by atoms with E-state index in [2.05, 4.69) is 9.36 Å². The third-order valence-corrected chi connectivity index (χ3v) is 2.60. The summed E-state index contributed by atoms with van der Waals surface area (Å²) in [6, 6.07) is 6.45. The van der Waals surface area contributed by atoms with Gasteiger partial charge in [-0.15, -0.1) is 0 Å². The fourth-order valence-corrected chi connectivity index (χ4v) is 1.76. The predicted octanol–water partition coefficient (Wildman–Crippen LogP) is 2.84. The van der Waals surface area contributed by atoms with Crippen LogP contribution in [0.3, 0.4) is 0 Å². The molecular weight excluding hydrogens is 269 g/mol. The number of aliphatic hydroxyl groups is 1. The Kier molecular flexibility index (Phi) is 3.48. The van der Waals surface area contributed by atoms with Crippen molar-refractivity contribution in [2.75, 3.05) is 0 Å². The minimum Gasteiger partial charge on any atom is -0.429 e.